The fourth-order valence-corrected chi connectivity index (χ4v) is 3.96. The molecule has 1 heterocycles. The van der Waals surface area contributed by atoms with Gasteiger partial charge in [0.05, 0.1) is 12.0 Å². The summed E-state index contributed by atoms with van der Waals surface area (Å²) < 4.78 is 33.0. The van der Waals surface area contributed by atoms with E-state index in [1.165, 1.54) is 43.5 Å². The van der Waals surface area contributed by atoms with Crippen molar-refractivity contribution in [2.75, 3.05) is 17.1 Å². The molecule has 0 radical (unpaired) electrons. The average Bonchev–Trinajstić information content (AvgIpc) is 2.77. The quantitative estimate of drug-likeness (QED) is 0.405. The summed E-state index contributed by atoms with van der Waals surface area (Å²) in [6.45, 7) is 3.40. The van der Waals surface area contributed by atoms with Crippen LogP contribution in [-0.2, 0) is 14.8 Å². The lowest BCUT2D eigenvalue weighted by Crippen LogP contribution is -2.16. The molecule has 3 aromatic rings. The topological polar surface area (TPSA) is 134 Å². The third-order valence-corrected chi connectivity index (χ3v) is 5.80. The number of rotatable bonds is 7. The van der Waals surface area contributed by atoms with Crippen molar-refractivity contribution in [3.05, 3.63) is 77.3 Å². The smallest absolute Gasteiger partial charge is 0.266 e. The van der Waals surface area contributed by atoms with Gasteiger partial charge in [0.2, 0.25) is 0 Å². The van der Waals surface area contributed by atoms with Gasteiger partial charge in [-0.2, -0.15) is 5.26 Å². The van der Waals surface area contributed by atoms with Crippen molar-refractivity contribution in [2.24, 2.45) is 0 Å². The molecule has 0 fully saturated rings. The monoisotopic (exact) mass is 463 g/mol. The highest BCUT2D eigenvalue weighted by atomic mass is 32.2. The lowest BCUT2D eigenvalue weighted by molar-refractivity contribution is -0.112. The molecular weight excluding hydrogens is 442 g/mol. The molecule has 0 saturated heterocycles. The largest absolute Gasteiger partial charge is 0.496 e. The molecule has 2 N–H and O–H groups in total. The Kier molecular flexibility index (Phi) is 7.05. The summed E-state index contributed by atoms with van der Waals surface area (Å²) in [5.74, 6) is 0.496. The van der Waals surface area contributed by atoms with Crippen LogP contribution in [0.15, 0.2) is 65.1 Å². The molecule has 0 bridgehead atoms. The van der Waals surface area contributed by atoms with Gasteiger partial charge in [0.25, 0.3) is 15.9 Å². The Bertz CT molecular complexity index is 1340. The molecule has 3 rings (SSSR count). The first-order valence-corrected chi connectivity index (χ1v) is 11.2. The number of nitrogens with zero attached hydrogens (tertiary/aromatic N) is 3. The minimum Gasteiger partial charge on any atom is -0.496 e. The molecule has 168 valence electrons. The van der Waals surface area contributed by atoms with Gasteiger partial charge in [-0.1, -0.05) is 18.2 Å². The van der Waals surface area contributed by atoms with Gasteiger partial charge in [0, 0.05) is 23.0 Å². The zero-order chi connectivity index (χ0) is 24.0. The lowest BCUT2D eigenvalue weighted by atomic mass is 10.1. The summed E-state index contributed by atoms with van der Waals surface area (Å²) in [7, 11) is -2.40. The van der Waals surface area contributed by atoms with Crippen molar-refractivity contribution in [1.29, 1.82) is 5.26 Å². The third kappa shape index (κ3) is 5.93. The minimum atomic E-state index is -3.89. The number of ether oxygens (including phenoxy) is 1. The molecule has 33 heavy (non-hydrogen) atoms. The van der Waals surface area contributed by atoms with E-state index in [2.05, 4.69) is 20.0 Å². The molecule has 0 saturated carbocycles. The number of nitrogens with one attached hydrogen (secondary N) is 2. The van der Waals surface area contributed by atoms with Gasteiger partial charge in [-0.05, 0) is 50.3 Å². The summed E-state index contributed by atoms with van der Waals surface area (Å²) >= 11 is 0. The number of anilines is 2. The van der Waals surface area contributed by atoms with Crippen LogP contribution in [0.1, 0.15) is 17.1 Å². The van der Waals surface area contributed by atoms with Crippen LogP contribution in [0.2, 0.25) is 0 Å². The molecule has 0 spiro atoms. The molecule has 0 aliphatic rings. The van der Waals surface area contributed by atoms with E-state index in [4.69, 9.17) is 4.74 Å². The molecule has 1 aromatic heterocycles. The zero-order valence-corrected chi connectivity index (χ0v) is 19.0. The SMILES string of the molecule is COc1ccccc1/C=C(\C#N)C(=O)Nc1ccc(S(=O)(=O)Nc2cc(C)nc(C)n2)cc1. The average molecular weight is 464 g/mol. The van der Waals surface area contributed by atoms with E-state index < -0.39 is 15.9 Å². The van der Waals surface area contributed by atoms with Crippen LogP contribution in [-0.4, -0.2) is 31.4 Å². The number of hydrogen-bond donors (Lipinski definition) is 2. The van der Waals surface area contributed by atoms with Crippen LogP contribution in [0.5, 0.6) is 5.75 Å². The van der Waals surface area contributed by atoms with Gasteiger partial charge in [0.15, 0.2) is 0 Å². The predicted molar refractivity (Wildman–Crippen MR) is 124 cm³/mol. The van der Waals surface area contributed by atoms with E-state index in [1.54, 1.807) is 38.1 Å². The van der Waals surface area contributed by atoms with Crippen molar-refractivity contribution in [2.45, 2.75) is 18.7 Å². The van der Waals surface area contributed by atoms with Crippen LogP contribution in [0, 0.1) is 25.2 Å². The van der Waals surface area contributed by atoms with Gasteiger partial charge >= 0.3 is 0 Å². The molecule has 2 aromatic carbocycles. The molecule has 0 aliphatic carbocycles. The Morgan fingerprint density at radius 1 is 1.09 bits per heavy atom. The fourth-order valence-electron chi connectivity index (χ4n) is 2.97. The van der Waals surface area contributed by atoms with Crippen LogP contribution < -0.4 is 14.8 Å². The van der Waals surface area contributed by atoms with E-state index in [-0.39, 0.29) is 16.3 Å². The van der Waals surface area contributed by atoms with Gasteiger partial charge < -0.3 is 10.1 Å². The number of carbonyl (C=O) groups is 1. The fraction of sp³-hybridized carbons (Fsp3) is 0.130. The summed E-state index contributed by atoms with van der Waals surface area (Å²) in [6.07, 6.45) is 1.42. The minimum absolute atomic E-state index is 0.0144. The van der Waals surface area contributed by atoms with Crippen molar-refractivity contribution in [3.63, 3.8) is 0 Å². The Balaban J connectivity index is 1.76. The molecular formula is C23H21N5O4S. The zero-order valence-electron chi connectivity index (χ0n) is 18.2. The first-order valence-electron chi connectivity index (χ1n) is 9.73. The number of benzene rings is 2. The van der Waals surface area contributed by atoms with Crippen LogP contribution in [0.3, 0.4) is 0 Å². The Hall–Kier alpha value is -4.23. The van der Waals surface area contributed by atoms with Crippen molar-refractivity contribution >= 4 is 33.5 Å². The standard InChI is InChI=1S/C23H21N5O4S/c1-15-12-22(26-16(2)25-15)28-33(30,31)20-10-8-19(9-11-20)27-23(29)18(14-24)13-17-6-4-5-7-21(17)32-3/h4-13H,1-3H3,(H,27,29)(H,25,26,28)/b18-13+. The summed E-state index contributed by atoms with van der Waals surface area (Å²) in [5.41, 5.74) is 1.41. The van der Waals surface area contributed by atoms with E-state index in [0.29, 0.717) is 28.5 Å². The van der Waals surface area contributed by atoms with E-state index >= 15 is 0 Å². The molecule has 0 unspecified atom stereocenters. The van der Waals surface area contributed by atoms with Crippen molar-refractivity contribution in [3.8, 4) is 11.8 Å². The van der Waals surface area contributed by atoms with Crippen LogP contribution in [0.25, 0.3) is 6.08 Å². The number of carbonyl (C=O) groups excluding carboxylic acids is 1. The maximum absolute atomic E-state index is 12.7. The van der Waals surface area contributed by atoms with E-state index in [1.807, 2.05) is 6.07 Å². The van der Waals surface area contributed by atoms with Crippen molar-refractivity contribution in [1.82, 2.24) is 9.97 Å². The van der Waals surface area contributed by atoms with Gasteiger partial charge in [-0.15, -0.1) is 0 Å². The maximum Gasteiger partial charge on any atom is 0.266 e. The molecule has 10 heteroatoms. The number of para-hydroxylation sites is 1. The number of aryl methyl sites for hydroxylation is 2. The lowest BCUT2D eigenvalue weighted by Gasteiger charge is -2.10. The second-order valence-electron chi connectivity index (χ2n) is 6.94. The van der Waals surface area contributed by atoms with Crippen LogP contribution in [0.4, 0.5) is 11.5 Å². The highest BCUT2D eigenvalue weighted by Gasteiger charge is 2.16. The van der Waals surface area contributed by atoms with E-state index in [9.17, 15) is 18.5 Å². The number of nitriles is 1. The Morgan fingerprint density at radius 3 is 2.42 bits per heavy atom. The Morgan fingerprint density at radius 2 is 1.79 bits per heavy atom. The molecule has 1 amide bonds. The highest BCUT2D eigenvalue weighted by Crippen LogP contribution is 2.22. The summed E-state index contributed by atoms with van der Waals surface area (Å²) in [6, 6.07) is 15.9. The van der Waals surface area contributed by atoms with Gasteiger partial charge in [-0.25, -0.2) is 18.4 Å². The predicted octanol–water partition coefficient (Wildman–Crippen LogP) is 3.45. The number of hydrogen-bond acceptors (Lipinski definition) is 7. The maximum atomic E-state index is 12.7. The Labute approximate surface area is 191 Å². The molecule has 9 nitrogen and oxygen atoms in total. The van der Waals surface area contributed by atoms with Crippen LogP contribution >= 0.6 is 0 Å². The number of sulfonamides is 1. The molecule has 0 aliphatic heterocycles. The number of aromatic nitrogens is 2. The first kappa shape index (κ1) is 23.4. The first-order chi connectivity index (χ1) is 15.7. The summed E-state index contributed by atoms with van der Waals surface area (Å²) in [4.78, 5) is 20.7. The number of amides is 1. The number of methoxy groups -OCH3 is 1. The normalized spacial score (nSPS) is 11.4. The highest BCUT2D eigenvalue weighted by molar-refractivity contribution is 7.92. The second-order valence-corrected chi connectivity index (χ2v) is 8.62. The second kappa shape index (κ2) is 9.93. The van der Waals surface area contributed by atoms with Crippen molar-refractivity contribution < 1.29 is 17.9 Å². The third-order valence-electron chi connectivity index (χ3n) is 4.43. The van der Waals surface area contributed by atoms with E-state index in [0.717, 1.165) is 0 Å². The summed E-state index contributed by atoms with van der Waals surface area (Å²) in [5, 5.41) is 12.0. The van der Waals surface area contributed by atoms with Gasteiger partial charge in [0.1, 0.15) is 29.0 Å². The molecule has 0 atom stereocenters. The van der Waals surface area contributed by atoms with Gasteiger partial charge in [-0.3, -0.25) is 9.52 Å².